The minimum absolute atomic E-state index is 0.807. The first-order valence-electron chi connectivity index (χ1n) is 3.71. The summed E-state index contributed by atoms with van der Waals surface area (Å²) >= 11 is 0. The Morgan fingerprint density at radius 3 is 2.00 bits per heavy atom. The van der Waals surface area contributed by atoms with E-state index in [9.17, 15) is 0 Å². The predicted octanol–water partition coefficient (Wildman–Crippen LogP) is 1.36. The van der Waals surface area contributed by atoms with E-state index in [2.05, 4.69) is 0 Å². The van der Waals surface area contributed by atoms with Gasteiger partial charge in [-0.05, 0) is 31.1 Å². The zero-order chi connectivity index (χ0) is 6.10. The summed E-state index contributed by atoms with van der Waals surface area (Å²) in [6, 6.07) is 0. The van der Waals surface area contributed by atoms with E-state index in [-0.39, 0.29) is 0 Å². The fraction of sp³-hybridized carbons (Fsp3) is 1.00. The van der Waals surface area contributed by atoms with Crippen LogP contribution in [-0.4, -0.2) is 13.2 Å². The summed E-state index contributed by atoms with van der Waals surface area (Å²) in [5.41, 5.74) is 0. The van der Waals surface area contributed by atoms with Crippen molar-refractivity contribution in [1.82, 2.24) is 0 Å². The quantitative estimate of drug-likeness (QED) is 0.459. The van der Waals surface area contributed by atoms with Crippen LogP contribution < -0.4 is 0 Å². The summed E-state index contributed by atoms with van der Waals surface area (Å²) in [6.45, 7) is 1.61. The van der Waals surface area contributed by atoms with Crippen molar-refractivity contribution >= 4 is 0 Å². The molecule has 0 amide bonds. The van der Waals surface area contributed by atoms with Crippen molar-refractivity contribution in [3.05, 3.63) is 0 Å². The van der Waals surface area contributed by atoms with Crippen molar-refractivity contribution in [2.24, 2.45) is 11.8 Å². The Kier molecular flexibility index (Phi) is 1.44. The molecule has 0 spiro atoms. The van der Waals surface area contributed by atoms with Gasteiger partial charge in [-0.3, -0.25) is 0 Å². The van der Waals surface area contributed by atoms with Crippen molar-refractivity contribution in [2.45, 2.75) is 19.3 Å². The highest BCUT2D eigenvalue weighted by atomic mass is 17.2. The first-order chi connectivity index (χ1) is 4.47. The highest BCUT2D eigenvalue weighted by Crippen LogP contribution is 2.44. The van der Waals surface area contributed by atoms with Gasteiger partial charge in [-0.25, -0.2) is 9.78 Å². The molecular weight excluding hydrogens is 116 g/mol. The van der Waals surface area contributed by atoms with E-state index in [4.69, 9.17) is 9.78 Å². The zero-order valence-electron chi connectivity index (χ0n) is 5.51. The van der Waals surface area contributed by atoms with Gasteiger partial charge in [-0.1, -0.05) is 0 Å². The van der Waals surface area contributed by atoms with Crippen LogP contribution in [0.2, 0.25) is 0 Å². The SMILES string of the molecule is C1CC2CC2CCOO1. The third-order valence-electron chi connectivity index (χ3n) is 2.30. The highest BCUT2D eigenvalue weighted by Gasteiger charge is 2.36. The zero-order valence-corrected chi connectivity index (χ0v) is 5.51. The van der Waals surface area contributed by atoms with Gasteiger partial charge in [0.25, 0.3) is 0 Å². The standard InChI is InChI=1S/C7H12O2/c1-3-8-9-4-2-7-5-6(1)7/h6-7H,1-5H2. The predicted molar refractivity (Wildman–Crippen MR) is 32.7 cm³/mol. The molecule has 1 heterocycles. The Morgan fingerprint density at radius 2 is 1.44 bits per heavy atom. The fourth-order valence-electron chi connectivity index (χ4n) is 1.53. The smallest absolute Gasteiger partial charge is 0.0825 e. The molecule has 2 aliphatic rings. The average Bonchev–Trinajstić information content (AvgIpc) is 2.46. The highest BCUT2D eigenvalue weighted by molar-refractivity contribution is 4.85. The van der Waals surface area contributed by atoms with Crippen LogP contribution >= 0.6 is 0 Å². The second kappa shape index (κ2) is 2.27. The summed E-state index contributed by atoms with van der Waals surface area (Å²) in [7, 11) is 0. The molecule has 0 aromatic carbocycles. The van der Waals surface area contributed by atoms with Crippen molar-refractivity contribution in [3.63, 3.8) is 0 Å². The van der Waals surface area contributed by atoms with Gasteiger partial charge in [0.15, 0.2) is 0 Å². The summed E-state index contributed by atoms with van der Waals surface area (Å²) in [5.74, 6) is 1.96. The van der Waals surface area contributed by atoms with E-state index in [1.807, 2.05) is 0 Å². The van der Waals surface area contributed by atoms with Crippen molar-refractivity contribution < 1.29 is 9.78 Å². The Labute approximate surface area is 55.1 Å². The van der Waals surface area contributed by atoms with Crippen molar-refractivity contribution in [2.75, 3.05) is 13.2 Å². The average molecular weight is 128 g/mol. The summed E-state index contributed by atoms with van der Waals surface area (Å²) < 4.78 is 0. The maximum absolute atomic E-state index is 4.87. The van der Waals surface area contributed by atoms with E-state index >= 15 is 0 Å². The number of rotatable bonds is 0. The molecular formula is C7H12O2. The van der Waals surface area contributed by atoms with Crippen LogP contribution in [-0.2, 0) is 9.78 Å². The maximum Gasteiger partial charge on any atom is 0.0825 e. The monoisotopic (exact) mass is 128 g/mol. The minimum Gasteiger partial charge on any atom is -0.237 e. The summed E-state index contributed by atoms with van der Waals surface area (Å²) in [4.78, 5) is 9.74. The number of hydrogen-bond donors (Lipinski definition) is 0. The van der Waals surface area contributed by atoms with Crippen molar-refractivity contribution in [1.29, 1.82) is 0 Å². The number of hydrogen-bond acceptors (Lipinski definition) is 2. The normalized spacial score (nSPS) is 42.7. The van der Waals surface area contributed by atoms with Gasteiger partial charge in [-0.2, -0.15) is 0 Å². The molecule has 0 N–H and O–H groups in total. The van der Waals surface area contributed by atoms with Crippen LogP contribution in [0.3, 0.4) is 0 Å². The van der Waals surface area contributed by atoms with E-state index in [0.717, 1.165) is 25.0 Å². The molecule has 2 atom stereocenters. The van der Waals surface area contributed by atoms with Crippen LogP contribution in [0, 0.1) is 11.8 Å². The van der Waals surface area contributed by atoms with Gasteiger partial charge in [0, 0.05) is 0 Å². The first-order valence-corrected chi connectivity index (χ1v) is 3.71. The largest absolute Gasteiger partial charge is 0.237 e. The lowest BCUT2D eigenvalue weighted by Crippen LogP contribution is -2.04. The molecule has 2 unspecified atom stereocenters. The summed E-state index contributed by atoms with van der Waals surface area (Å²) in [6.07, 6.45) is 3.85. The third kappa shape index (κ3) is 1.25. The Bertz CT molecular complexity index is 91.1. The van der Waals surface area contributed by atoms with E-state index in [1.54, 1.807) is 0 Å². The summed E-state index contributed by atoms with van der Waals surface area (Å²) in [5, 5.41) is 0. The lowest BCUT2D eigenvalue weighted by atomic mass is 10.2. The molecule has 0 aromatic heterocycles. The topological polar surface area (TPSA) is 18.5 Å². The third-order valence-corrected chi connectivity index (χ3v) is 2.30. The molecule has 1 aliphatic heterocycles. The molecule has 1 aliphatic carbocycles. The molecule has 2 heteroatoms. The molecule has 0 radical (unpaired) electrons. The Morgan fingerprint density at radius 1 is 0.889 bits per heavy atom. The van der Waals surface area contributed by atoms with Crippen molar-refractivity contribution in [3.8, 4) is 0 Å². The fourth-order valence-corrected chi connectivity index (χ4v) is 1.53. The van der Waals surface area contributed by atoms with Crippen LogP contribution in [0.1, 0.15) is 19.3 Å². The lowest BCUT2D eigenvalue weighted by Gasteiger charge is -2.06. The Hall–Kier alpha value is -0.0800. The van der Waals surface area contributed by atoms with Gasteiger partial charge in [0.05, 0.1) is 13.2 Å². The number of fused-ring (bicyclic) bond motifs is 1. The van der Waals surface area contributed by atoms with Crippen LogP contribution in [0.4, 0.5) is 0 Å². The molecule has 0 aromatic rings. The molecule has 1 saturated heterocycles. The van der Waals surface area contributed by atoms with Gasteiger partial charge in [0.2, 0.25) is 0 Å². The second-order valence-corrected chi connectivity index (χ2v) is 2.98. The van der Waals surface area contributed by atoms with E-state index in [1.165, 1.54) is 19.3 Å². The lowest BCUT2D eigenvalue weighted by molar-refractivity contribution is -0.299. The molecule has 2 fully saturated rings. The molecule has 2 rings (SSSR count). The van der Waals surface area contributed by atoms with Crippen LogP contribution in [0.15, 0.2) is 0 Å². The van der Waals surface area contributed by atoms with Gasteiger partial charge < -0.3 is 0 Å². The first kappa shape index (κ1) is 5.69. The van der Waals surface area contributed by atoms with E-state index < -0.39 is 0 Å². The molecule has 0 bridgehead atoms. The molecule has 9 heavy (non-hydrogen) atoms. The second-order valence-electron chi connectivity index (χ2n) is 2.98. The molecule has 1 saturated carbocycles. The molecule has 52 valence electrons. The maximum atomic E-state index is 4.87. The van der Waals surface area contributed by atoms with Gasteiger partial charge in [-0.15, -0.1) is 0 Å². The minimum atomic E-state index is 0.807. The van der Waals surface area contributed by atoms with Crippen LogP contribution in [0.25, 0.3) is 0 Å². The van der Waals surface area contributed by atoms with E-state index in [0.29, 0.717) is 0 Å². The van der Waals surface area contributed by atoms with Crippen LogP contribution in [0.5, 0.6) is 0 Å². The Balaban J connectivity index is 1.81. The van der Waals surface area contributed by atoms with Gasteiger partial charge >= 0.3 is 0 Å². The molecule has 2 nitrogen and oxygen atoms in total. The van der Waals surface area contributed by atoms with Gasteiger partial charge in [0.1, 0.15) is 0 Å².